The van der Waals surface area contributed by atoms with Crippen LogP contribution in [0, 0.1) is 20.8 Å². The maximum absolute atomic E-state index is 11.7. The molecule has 0 unspecified atom stereocenters. The molecule has 0 bridgehead atoms. The lowest BCUT2D eigenvalue weighted by Gasteiger charge is -1.98. The Balaban J connectivity index is 0.000000150. The first-order chi connectivity index (χ1) is 31.4. The van der Waals surface area contributed by atoms with E-state index in [0.29, 0.717) is 47.9 Å². The van der Waals surface area contributed by atoms with Crippen LogP contribution in [-0.2, 0) is 9.47 Å². The second kappa shape index (κ2) is 22.1. The van der Waals surface area contributed by atoms with Gasteiger partial charge in [-0.05, 0) is 64.4 Å². The molecule has 0 atom stereocenters. The number of carboxylic acid groups (broad SMARTS) is 1. The summed E-state index contributed by atoms with van der Waals surface area (Å²) in [6.45, 7) is 9.59. The SMILES string of the molecule is CCOC(=O)c1cc(C)[nH]n1.CCOC(=O)c1cc(C)n(-c2ncc(-c3ccccc3)o2)n1.Cc1cc(C(=O)O)nn1-c1ncc(-c2ccccc2)o1.Clc1ncc(-c2ccccc2)o1. The number of H-pyrrole nitrogens is 1. The number of esters is 2. The molecular formula is C46H42ClN9O9. The zero-order chi connectivity index (χ0) is 46.3. The summed E-state index contributed by atoms with van der Waals surface area (Å²) in [7, 11) is 0. The van der Waals surface area contributed by atoms with Crippen LogP contribution in [0.25, 0.3) is 46.0 Å². The molecule has 18 nitrogen and oxygen atoms in total. The molecule has 19 heteroatoms. The number of nitrogens with zero attached hydrogens (tertiary/aromatic N) is 8. The highest BCUT2D eigenvalue weighted by Crippen LogP contribution is 2.24. The monoisotopic (exact) mass is 899 g/mol. The Hall–Kier alpha value is -8.38. The van der Waals surface area contributed by atoms with E-state index in [0.717, 1.165) is 28.1 Å². The standard InChI is InChI=1S/C16H15N3O3.C14H11N3O3.C9H6ClNO.C7H10N2O2/c1-3-21-15(20)13-9-11(2)19(18-13)16-17-10-14(22-16)12-7-5-4-6-8-12;1-9-7-11(13(18)19)16-17(9)14-15-8-12(20-14)10-5-3-2-4-6-10;10-9-11-6-8(12-9)7-4-2-1-3-5-7;1-3-11-7(10)6-4-5(2)8-9-6/h4-10H,3H2,1-2H3;2-8H,1H3,(H,18,19);1-6H;4H,3H2,1-2H3,(H,8,9). The lowest BCUT2D eigenvalue weighted by atomic mass is 10.2. The number of hydrogen-bond acceptors (Lipinski definition) is 14. The summed E-state index contributed by atoms with van der Waals surface area (Å²) in [5.41, 5.74) is 5.58. The highest BCUT2D eigenvalue weighted by Gasteiger charge is 2.18. The van der Waals surface area contributed by atoms with Gasteiger partial charge in [0.25, 0.3) is 5.35 Å². The van der Waals surface area contributed by atoms with Crippen LogP contribution in [0.2, 0.25) is 5.35 Å². The number of ether oxygens (including phenoxy) is 2. The fraction of sp³-hybridized carbons (Fsp3) is 0.152. The van der Waals surface area contributed by atoms with Crippen LogP contribution < -0.4 is 0 Å². The number of carbonyl (C=O) groups excluding carboxylic acids is 2. The Morgan fingerprint density at radius 1 is 0.600 bits per heavy atom. The molecule has 2 N–H and O–H groups in total. The van der Waals surface area contributed by atoms with Gasteiger partial charge in [-0.2, -0.15) is 34.6 Å². The molecule has 0 radical (unpaired) electrons. The quantitative estimate of drug-likeness (QED) is 0.122. The molecule has 9 aromatic rings. The van der Waals surface area contributed by atoms with Crippen molar-refractivity contribution in [1.29, 1.82) is 0 Å². The van der Waals surface area contributed by atoms with E-state index >= 15 is 0 Å². The first kappa shape index (κ1) is 46.1. The molecule has 0 saturated heterocycles. The number of oxazole rings is 3. The van der Waals surface area contributed by atoms with Gasteiger partial charge in [0, 0.05) is 33.8 Å². The summed E-state index contributed by atoms with van der Waals surface area (Å²) in [5, 5.41) is 23.6. The number of carbonyl (C=O) groups is 3. The van der Waals surface area contributed by atoms with E-state index in [1.165, 1.54) is 15.4 Å². The van der Waals surface area contributed by atoms with Crippen molar-refractivity contribution in [2.24, 2.45) is 0 Å². The van der Waals surface area contributed by atoms with Gasteiger partial charge in [-0.1, -0.05) is 91.0 Å². The van der Waals surface area contributed by atoms with Gasteiger partial charge >= 0.3 is 29.9 Å². The van der Waals surface area contributed by atoms with Gasteiger partial charge in [-0.25, -0.2) is 19.4 Å². The topological polar surface area (TPSA) is 232 Å². The number of aromatic amines is 1. The molecule has 0 aliphatic rings. The first-order valence-corrected chi connectivity index (χ1v) is 20.2. The molecule has 332 valence electrons. The molecule has 3 aromatic carbocycles. The number of aromatic carboxylic acids is 1. The van der Waals surface area contributed by atoms with Gasteiger partial charge in [0.05, 0.1) is 31.8 Å². The van der Waals surface area contributed by atoms with E-state index in [1.54, 1.807) is 51.5 Å². The van der Waals surface area contributed by atoms with Crippen molar-refractivity contribution in [2.45, 2.75) is 34.6 Å². The van der Waals surface area contributed by atoms with Crippen LogP contribution in [0.4, 0.5) is 0 Å². The minimum Gasteiger partial charge on any atom is -0.476 e. The molecule has 65 heavy (non-hydrogen) atoms. The molecule has 0 aliphatic carbocycles. The fourth-order valence-electron chi connectivity index (χ4n) is 5.66. The Morgan fingerprint density at radius 3 is 1.40 bits per heavy atom. The van der Waals surface area contributed by atoms with Crippen LogP contribution >= 0.6 is 11.6 Å². The van der Waals surface area contributed by atoms with Crippen LogP contribution in [-0.4, -0.2) is 80.9 Å². The van der Waals surface area contributed by atoms with Gasteiger partial charge in [0.2, 0.25) is 0 Å². The molecule has 6 heterocycles. The first-order valence-electron chi connectivity index (χ1n) is 19.9. The third kappa shape index (κ3) is 12.4. The van der Waals surface area contributed by atoms with Crippen LogP contribution in [0.5, 0.6) is 0 Å². The molecule has 0 amide bonds. The number of rotatable bonds is 10. The average Bonchev–Trinajstić information content (AvgIpc) is 4.19. The number of carboxylic acids is 1. The number of hydrogen-bond donors (Lipinski definition) is 2. The van der Waals surface area contributed by atoms with Crippen LogP contribution in [0.1, 0.15) is 62.4 Å². The third-order valence-electron chi connectivity index (χ3n) is 8.67. The fourth-order valence-corrected chi connectivity index (χ4v) is 5.79. The van der Waals surface area contributed by atoms with Crippen LogP contribution in [0.3, 0.4) is 0 Å². The minimum absolute atomic E-state index is 0.0399. The smallest absolute Gasteiger partial charge is 0.358 e. The maximum atomic E-state index is 11.7. The van der Waals surface area contributed by atoms with Crippen molar-refractivity contribution in [3.63, 3.8) is 0 Å². The van der Waals surface area contributed by atoms with E-state index in [4.69, 9.17) is 39.4 Å². The third-order valence-corrected chi connectivity index (χ3v) is 8.85. The number of halogens is 1. The number of nitrogens with one attached hydrogen (secondary N) is 1. The van der Waals surface area contributed by atoms with Crippen molar-refractivity contribution in [3.8, 4) is 46.0 Å². The summed E-state index contributed by atoms with van der Waals surface area (Å²) in [6.07, 6.45) is 4.83. The van der Waals surface area contributed by atoms with E-state index in [9.17, 15) is 14.4 Å². The minimum atomic E-state index is -1.08. The van der Waals surface area contributed by atoms with Crippen LogP contribution in [0.15, 0.2) is 141 Å². The van der Waals surface area contributed by atoms with E-state index in [2.05, 4.69) is 35.3 Å². The Kier molecular flexibility index (Phi) is 15.7. The highest BCUT2D eigenvalue weighted by molar-refractivity contribution is 6.27. The van der Waals surface area contributed by atoms with Gasteiger partial charge in [0.15, 0.2) is 34.4 Å². The molecule has 6 aromatic heterocycles. The Labute approximate surface area is 376 Å². The van der Waals surface area contributed by atoms with Gasteiger partial charge in [-0.15, -0.1) is 0 Å². The summed E-state index contributed by atoms with van der Waals surface area (Å²) < 4.78 is 29.0. The molecule has 0 spiro atoms. The van der Waals surface area contributed by atoms with Crippen molar-refractivity contribution in [3.05, 3.63) is 167 Å². The van der Waals surface area contributed by atoms with Gasteiger partial charge in [0.1, 0.15) is 0 Å². The predicted octanol–water partition coefficient (Wildman–Crippen LogP) is 9.44. The normalized spacial score (nSPS) is 10.4. The average molecular weight is 900 g/mol. The van der Waals surface area contributed by atoms with E-state index in [1.807, 2.05) is 105 Å². The van der Waals surface area contributed by atoms with Crippen molar-refractivity contribution in [1.82, 2.24) is 44.7 Å². The molecule has 9 rings (SSSR count). The number of aromatic nitrogens is 9. The van der Waals surface area contributed by atoms with Crippen molar-refractivity contribution < 1.29 is 42.2 Å². The lowest BCUT2D eigenvalue weighted by Crippen LogP contribution is -2.06. The Morgan fingerprint density at radius 2 is 1.02 bits per heavy atom. The zero-order valence-electron chi connectivity index (χ0n) is 35.7. The van der Waals surface area contributed by atoms with Crippen molar-refractivity contribution >= 4 is 29.5 Å². The van der Waals surface area contributed by atoms with Gasteiger partial charge < -0.3 is 27.8 Å². The van der Waals surface area contributed by atoms with Crippen molar-refractivity contribution in [2.75, 3.05) is 13.2 Å². The number of benzene rings is 3. The summed E-state index contributed by atoms with van der Waals surface area (Å²) in [6, 6.07) is 34.2. The molecule has 0 saturated carbocycles. The Bertz CT molecular complexity index is 2930. The highest BCUT2D eigenvalue weighted by atomic mass is 35.5. The second-order valence-electron chi connectivity index (χ2n) is 13.4. The van der Waals surface area contributed by atoms with E-state index in [-0.39, 0.29) is 28.7 Å². The largest absolute Gasteiger partial charge is 0.476 e. The van der Waals surface area contributed by atoms with Gasteiger partial charge in [-0.3, -0.25) is 5.10 Å². The van der Waals surface area contributed by atoms with E-state index < -0.39 is 11.9 Å². The summed E-state index contributed by atoms with van der Waals surface area (Å²) >= 11 is 5.53. The lowest BCUT2D eigenvalue weighted by molar-refractivity contribution is 0.0509. The number of aryl methyl sites for hydroxylation is 3. The summed E-state index contributed by atoms with van der Waals surface area (Å²) in [5.74, 6) is 0.0221. The second-order valence-corrected chi connectivity index (χ2v) is 13.8. The molecule has 0 aliphatic heterocycles. The molecule has 0 fully saturated rings. The summed E-state index contributed by atoms with van der Waals surface area (Å²) in [4.78, 5) is 45.7. The zero-order valence-corrected chi connectivity index (χ0v) is 36.5. The molecular weight excluding hydrogens is 858 g/mol. The predicted molar refractivity (Wildman–Crippen MR) is 237 cm³/mol. The maximum Gasteiger partial charge on any atom is 0.358 e.